The number of urea groups is 1. The average Bonchev–Trinajstić information content (AvgIpc) is 3.48. The second-order valence-corrected chi connectivity index (χ2v) is 10.7. The van der Waals surface area contributed by atoms with E-state index < -0.39 is 6.23 Å². The molecule has 37 heavy (non-hydrogen) atoms. The zero-order chi connectivity index (χ0) is 26.6. The summed E-state index contributed by atoms with van der Waals surface area (Å²) in [6.45, 7) is 9.98. The molecule has 1 unspecified atom stereocenters. The molecule has 1 aliphatic rings. The lowest BCUT2D eigenvalue weighted by atomic mass is 9.87. The van der Waals surface area contributed by atoms with E-state index in [0.717, 1.165) is 29.6 Å². The van der Waals surface area contributed by atoms with Crippen LogP contribution in [0.2, 0.25) is 0 Å². The number of ether oxygens (including phenoxy) is 1. The van der Waals surface area contributed by atoms with Gasteiger partial charge in [-0.3, -0.25) is 4.90 Å². The number of rotatable bonds is 9. The van der Waals surface area contributed by atoms with E-state index in [9.17, 15) is 9.90 Å². The first-order chi connectivity index (χ1) is 17.6. The third-order valence-electron chi connectivity index (χ3n) is 6.82. The molecule has 3 atom stereocenters. The Bertz CT molecular complexity index is 1190. The Balaban J connectivity index is 1.21. The number of amides is 2. The standard InChI is InChI=1S/C27H39N7O3/c1-18(35)33(14-5-13-29-26(36)32-20-8-6-19(7-9-20)27(2,3)4)16-21-10-11-23(37-21)34-15-12-22-24(28)30-17-31-25(22)34/h6-9,12,15,17-18,21,23,35H,5,10-11,13-14,16H2,1-4H3,(H2,28,30,31)(H2,29,32,36)/t18?,21-,23+/m0/s1. The van der Waals surface area contributed by atoms with Crippen LogP contribution in [0.15, 0.2) is 42.9 Å². The minimum Gasteiger partial charge on any atom is -0.383 e. The second-order valence-electron chi connectivity index (χ2n) is 10.7. The molecule has 200 valence electrons. The molecule has 0 saturated carbocycles. The summed E-state index contributed by atoms with van der Waals surface area (Å²) in [7, 11) is 0. The summed E-state index contributed by atoms with van der Waals surface area (Å²) in [5, 5.41) is 16.9. The highest BCUT2D eigenvalue weighted by atomic mass is 16.5. The number of hydrogen-bond acceptors (Lipinski definition) is 7. The maximum atomic E-state index is 12.3. The number of nitrogens with one attached hydrogen (secondary N) is 2. The van der Waals surface area contributed by atoms with Crippen LogP contribution in [0.5, 0.6) is 0 Å². The summed E-state index contributed by atoms with van der Waals surface area (Å²) in [5.41, 5.74) is 8.77. The molecule has 3 aromatic rings. The topological polar surface area (TPSA) is 131 Å². The Kier molecular flexibility index (Phi) is 8.31. The number of nitrogens with zero attached hydrogens (tertiary/aromatic N) is 4. The number of aliphatic hydroxyl groups excluding tert-OH is 1. The van der Waals surface area contributed by atoms with Crippen molar-refractivity contribution in [3.05, 3.63) is 48.4 Å². The summed E-state index contributed by atoms with van der Waals surface area (Å²) < 4.78 is 8.30. The lowest BCUT2D eigenvalue weighted by molar-refractivity contribution is -0.0483. The van der Waals surface area contributed by atoms with Gasteiger partial charge in [0.2, 0.25) is 0 Å². The van der Waals surface area contributed by atoms with Crippen molar-refractivity contribution < 1.29 is 14.6 Å². The molecular weight excluding hydrogens is 470 g/mol. The van der Waals surface area contributed by atoms with Crippen LogP contribution in [0, 0.1) is 0 Å². The van der Waals surface area contributed by atoms with Crippen LogP contribution in [0.4, 0.5) is 16.3 Å². The summed E-state index contributed by atoms with van der Waals surface area (Å²) in [6.07, 6.45) is 5.08. The third-order valence-corrected chi connectivity index (χ3v) is 6.82. The summed E-state index contributed by atoms with van der Waals surface area (Å²) >= 11 is 0. The average molecular weight is 510 g/mol. The van der Waals surface area contributed by atoms with Gasteiger partial charge in [-0.15, -0.1) is 0 Å². The van der Waals surface area contributed by atoms with Crippen LogP contribution in [0.3, 0.4) is 0 Å². The van der Waals surface area contributed by atoms with Crippen molar-refractivity contribution in [1.82, 2.24) is 24.8 Å². The van der Waals surface area contributed by atoms with Crippen molar-refractivity contribution in [3.8, 4) is 0 Å². The van der Waals surface area contributed by atoms with Crippen molar-refractivity contribution in [1.29, 1.82) is 0 Å². The van der Waals surface area contributed by atoms with Gasteiger partial charge in [-0.05, 0) is 55.4 Å². The molecule has 2 aromatic heterocycles. The quantitative estimate of drug-likeness (QED) is 0.255. The van der Waals surface area contributed by atoms with E-state index >= 15 is 0 Å². The predicted molar refractivity (Wildman–Crippen MR) is 145 cm³/mol. The number of hydrogen-bond donors (Lipinski definition) is 4. The van der Waals surface area contributed by atoms with Crippen molar-refractivity contribution in [2.45, 2.75) is 70.9 Å². The van der Waals surface area contributed by atoms with Gasteiger partial charge in [0.1, 0.15) is 30.2 Å². The van der Waals surface area contributed by atoms with Crippen LogP contribution in [0.25, 0.3) is 11.0 Å². The highest BCUT2D eigenvalue weighted by molar-refractivity contribution is 5.89. The van der Waals surface area contributed by atoms with E-state index in [1.165, 1.54) is 11.9 Å². The molecular formula is C27H39N7O3. The number of carbonyl (C=O) groups excluding carboxylic acids is 1. The monoisotopic (exact) mass is 509 g/mol. The molecule has 1 aromatic carbocycles. The summed E-state index contributed by atoms with van der Waals surface area (Å²) in [5.74, 6) is 0.458. The van der Waals surface area contributed by atoms with Crippen LogP contribution < -0.4 is 16.4 Å². The van der Waals surface area contributed by atoms with E-state index in [1.54, 1.807) is 6.92 Å². The third kappa shape index (κ3) is 6.76. The first kappa shape index (κ1) is 26.8. The van der Waals surface area contributed by atoms with Crippen LogP contribution in [-0.4, -0.2) is 62.5 Å². The van der Waals surface area contributed by atoms with E-state index in [4.69, 9.17) is 10.5 Å². The fourth-order valence-electron chi connectivity index (χ4n) is 4.65. The number of aliphatic hydroxyl groups is 1. The maximum Gasteiger partial charge on any atom is 0.319 e. The van der Waals surface area contributed by atoms with Crippen LogP contribution >= 0.6 is 0 Å². The van der Waals surface area contributed by atoms with E-state index in [1.807, 2.05) is 46.0 Å². The van der Waals surface area contributed by atoms with Gasteiger partial charge >= 0.3 is 6.03 Å². The Hall–Kier alpha value is -3.21. The van der Waals surface area contributed by atoms with E-state index in [2.05, 4.69) is 41.4 Å². The minimum absolute atomic E-state index is 0.0106. The highest BCUT2D eigenvalue weighted by Crippen LogP contribution is 2.32. The number of carbonyl (C=O) groups is 1. The number of anilines is 2. The van der Waals surface area contributed by atoms with Crippen molar-refractivity contribution >= 4 is 28.6 Å². The molecule has 2 amide bonds. The second kappa shape index (κ2) is 11.5. The first-order valence-corrected chi connectivity index (χ1v) is 12.9. The van der Waals surface area contributed by atoms with Crippen molar-refractivity contribution in [2.24, 2.45) is 0 Å². The van der Waals surface area contributed by atoms with Gasteiger partial charge in [0.25, 0.3) is 0 Å². The predicted octanol–water partition coefficient (Wildman–Crippen LogP) is 3.84. The molecule has 0 radical (unpaired) electrons. The van der Waals surface area contributed by atoms with E-state index in [-0.39, 0.29) is 23.8 Å². The molecule has 10 heteroatoms. The van der Waals surface area contributed by atoms with Gasteiger partial charge in [0.05, 0.1) is 11.5 Å². The summed E-state index contributed by atoms with van der Waals surface area (Å²) in [4.78, 5) is 22.7. The van der Waals surface area contributed by atoms with Crippen LogP contribution in [0.1, 0.15) is 58.7 Å². The van der Waals surface area contributed by atoms with Gasteiger partial charge in [0, 0.05) is 31.5 Å². The van der Waals surface area contributed by atoms with Gasteiger partial charge in [-0.1, -0.05) is 32.9 Å². The van der Waals surface area contributed by atoms with Crippen molar-refractivity contribution in [2.75, 3.05) is 30.7 Å². The molecule has 1 saturated heterocycles. The first-order valence-electron chi connectivity index (χ1n) is 12.9. The molecule has 10 nitrogen and oxygen atoms in total. The lowest BCUT2D eigenvalue weighted by Crippen LogP contribution is -2.41. The largest absolute Gasteiger partial charge is 0.383 e. The van der Waals surface area contributed by atoms with E-state index in [0.29, 0.717) is 31.9 Å². The molecule has 3 heterocycles. The number of nitrogens with two attached hydrogens (primary N) is 1. The lowest BCUT2D eigenvalue weighted by Gasteiger charge is -2.28. The Morgan fingerprint density at radius 2 is 2.00 bits per heavy atom. The minimum atomic E-state index is -0.613. The Morgan fingerprint density at radius 3 is 2.70 bits per heavy atom. The molecule has 5 N–H and O–H groups in total. The molecule has 0 bridgehead atoms. The van der Waals surface area contributed by atoms with Gasteiger partial charge in [-0.2, -0.15) is 0 Å². The number of fused-ring (bicyclic) bond motifs is 1. The van der Waals surface area contributed by atoms with Gasteiger partial charge < -0.3 is 30.8 Å². The molecule has 4 rings (SSSR count). The Morgan fingerprint density at radius 1 is 1.24 bits per heavy atom. The number of nitrogen functional groups attached to an aromatic ring is 1. The summed E-state index contributed by atoms with van der Waals surface area (Å²) in [6, 6.07) is 9.58. The van der Waals surface area contributed by atoms with Crippen molar-refractivity contribution in [3.63, 3.8) is 0 Å². The van der Waals surface area contributed by atoms with Gasteiger partial charge in [0.15, 0.2) is 0 Å². The molecule has 0 aliphatic carbocycles. The SMILES string of the molecule is CC(O)N(CCCNC(=O)Nc1ccc(C(C)(C)C)cc1)C[C@@H]1CC[C@H](n2ccc3c(N)ncnc32)O1. The van der Waals surface area contributed by atoms with Crippen LogP contribution in [-0.2, 0) is 10.2 Å². The van der Waals surface area contributed by atoms with Gasteiger partial charge in [-0.25, -0.2) is 14.8 Å². The number of benzene rings is 1. The Labute approximate surface area is 218 Å². The molecule has 1 aliphatic heterocycles. The smallest absolute Gasteiger partial charge is 0.319 e. The zero-order valence-electron chi connectivity index (χ0n) is 22.1. The zero-order valence-corrected chi connectivity index (χ0v) is 22.1. The molecule has 0 spiro atoms. The molecule has 1 fully saturated rings. The fraction of sp³-hybridized carbons (Fsp3) is 0.519. The fourth-order valence-corrected chi connectivity index (χ4v) is 4.65. The maximum absolute atomic E-state index is 12.3. The number of aromatic nitrogens is 3. The normalized spacial score (nSPS) is 18.9. The highest BCUT2D eigenvalue weighted by Gasteiger charge is 2.30.